The number of aryl methyl sites for hydroxylation is 2. The van der Waals surface area contributed by atoms with Crippen LogP contribution in [0, 0.1) is 13.8 Å². The highest BCUT2D eigenvalue weighted by Gasteiger charge is 2.30. The molecule has 7 heteroatoms. The van der Waals surface area contributed by atoms with Crippen molar-refractivity contribution in [2.75, 3.05) is 11.1 Å². The Balaban J connectivity index is 1.88. The van der Waals surface area contributed by atoms with Gasteiger partial charge < -0.3 is 10.4 Å². The minimum absolute atomic E-state index is 0.0609. The molecular weight excluding hydrogens is 382 g/mol. The van der Waals surface area contributed by atoms with Crippen LogP contribution in [0.3, 0.4) is 0 Å². The highest BCUT2D eigenvalue weighted by Crippen LogP contribution is 2.44. The molecule has 1 atom stereocenters. The predicted molar refractivity (Wildman–Crippen MR) is 109 cm³/mol. The van der Waals surface area contributed by atoms with Crippen molar-refractivity contribution in [3.63, 3.8) is 0 Å². The van der Waals surface area contributed by atoms with Gasteiger partial charge in [0.05, 0.1) is 22.4 Å². The molecule has 0 aliphatic carbocycles. The van der Waals surface area contributed by atoms with E-state index < -0.39 is 0 Å². The first-order valence-electron chi connectivity index (χ1n) is 8.50. The quantitative estimate of drug-likeness (QED) is 0.659. The molecule has 0 spiro atoms. The van der Waals surface area contributed by atoms with Gasteiger partial charge in [-0.3, -0.25) is 4.79 Å². The van der Waals surface area contributed by atoms with Gasteiger partial charge in [-0.05, 0) is 49.2 Å². The van der Waals surface area contributed by atoms with Gasteiger partial charge in [-0.15, -0.1) is 11.8 Å². The number of nitrogens with one attached hydrogen (secondary N) is 1. The summed E-state index contributed by atoms with van der Waals surface area (Å²) in [5.41, 5.74) is 4.60. The molecule has 2 N–H and O–H groups in total. The van der Waals surface area contributed by atoms with Crippen LogP contribution in [0.1, 0.15) is 27.6 Å². The molecule has 1 aliphatic heterocycles. The van der Waals surface area contributed by atoms with Crippen LogP contribution in [0.5, 0.6) is 5.75 Å². The Morgan fingerprint density at radius 3 is 2.67 bits per heavy atom. The van der Waals surface area contributed by atoms with Crippen LogP contribution in [0.4, 0.5) is 5.82 Å². The lowest BCUT2D eigenvalue weighted by Crippen LogP contribution is -2.15. The minimum atomic E-state index is -0.0677. The fourth-order valence-electron chi connectivity index (χ4n) is 3.20. The minimum Gasteiger partial charge on any atom is -0.508 e. The number of hydrogen-bond donors (Lipinski definition) is 2. The Kier molecular flexibility index (Phi) is 4.61. The fraction of sp³-hybridized carbons (Fsp3) is 0.200. The largest absolute Gasteiger partial charge is 0.508 e. The average molecular weight is 400 g/mol. The lowest BCUT2D eigenvalue weighted by molar-refractivity contribution is -0.113. The highest BCUT2D eigenvalue weighted by atomic mass is 35.5. The van der Waals surface area contributed by atoms with E-state index in [0.717, 1.165) is 28.1 Å². The molecule has 0 saturated carbocycles. The number of thioether (sulfide) groups is 1. The van der Waals surface area contributed by atoms with Crippen molar-refractivity contribution in [1.29, 1.82) is 0 Å². The van der Waals surface area contributed by atoms with Crippen molar-refractivity contribution < 1.29 is 9.90 Å². The third-order valence-corrected chi connectivity index (χ3v) is 6.28. The number of benzene rings is 2. The van der Waals surface area contributed by atoms with Crippen molar-refractivity contribution >= 4 is 35.1 Å². The Hall–Kier alpha value is -2.44. The summed E-state index contributed by atoms with van der Waals surface area (Å²) in [6.07, 6.45) is 0. The normalized spacial score (nSPS) is 16.6. The third kappa shape index (κ3) is 3.31. The van der Waals surface area contributed by atoms with Crippen LogP contribution in [0.15, 0.2) is 42.5 Å². The van der Waals surface area contributed by atoms with Crippen molar-refractivity contribution in [3.05, 3.63) is 69.9 Å². The van der Waals surface area contributed by atoms with Gasteiger partial charge in [0.25, 0.3) is 0 Å². The first kappa shape index (κ1) is 17.9. The third-order valence-electron chi connectivity index (χ3n) is 4.60. The lowest BCUT2D eigenvalue weighted by Gasteiger charge is -2.15. The molecule has 3 aromatic rings. The number of carbonyl (C=O) groups is 1. The maximum absolute atomic E-state index is 12.4. The Bertz CT molecular complexity index is 1030. The number of rotatable bonds is 2. The first-order chi connectivity index (χ1) is 12.9. The number of phenolic OH excluding ortho intramolecular Hbond substituents is 1. The fourth-order valence-corrected chi connectivity index (χ4v) is 4.56. The number of amides is 1. The topological polar surface area (TPSA) is 67.2 Å². The molecule has 0 fully saturated rings. The predicted octanol–water partition coefficient (Wildman–Crippen LogP) is 4.62. The molecule has 0 radical (unpaired) electrons. The van der Waals surface area contributed by atoms with Gasteiger partial charge in [0.1, 0.15) is 11.6 Å². The van der Waals surface area contributed by atoms with Gasteiger partial charge >= 0.3 is 0 Å². The molecule has 27 heavy (non-hydrogen) atoms. The molecule has 2 aromatic carbocycles. The maximum Gasteiger partial charge on any atom is 0.235 e. The second-order valence-corrected chi connectivity index (χ2v) is 8.02. The van der Waals surface area contributed by atoms with Gasteiger partial charge in [-0.2, -0.15) is 5.10 Å². The summed E-state index contributed by atoms with van der Waals surface area (Å²) in [4.78, 5) is 12.4. The molecule has 0 saturated heterocycles. The zero-order chi connectivity index (χ0) is 19.1. The summed E-state index contributed by atoms with van der Waals surface area (Å²) in [6.45, 7) is 3.89. The highest BCUT2D eigenvalue weighted by molar-refractivity contribution is 8.00. The summed E-state index contributed by atoms with van der Waals surface area (Å²) >= 11 is 7.85. The monoisotopic (exact) mass is 399 g/mol. The molecule has 1 aliphatic rings. The number of aromatic hydroxyl groups is 1. The molecule has 1 unspecified atom stereocenters. The van der Waals surface area contributed by atoms with E-state index in [1.54, 1.807) is 28.6 Å². The summed E-state index contributed by atoms with van der Waals surface area (Å²) < 4.78 is 1.74. The number of phenols is 1. The van der Waals surface area contributed by atoms with E-state index in [1.807, 2.05) is 44.2 Å². The molecule has 1 aromatic heterocycles. The number of aromatic nitrogens is 2. The second kappa shape index (κ2) is 6.94. The summed E-state index contributed by atoms with van der Waals surface area (Å²) in [5, 5.41) is 17.9. The van der Waals surface area contributed by atoms with E-state index in [9.17, 15) is 9.90 Å². The number of halogens is 1. The van der Waals surface area contributed by atoms with Crippen molar-refractivity contribution in [3.8, 4) is 11.4 Å². The van der Waals surface area contributed by atoms with E-state index in [1.165, 1.54) is 0 Å². The Labute approximate surface area is 166 Å². The van der Waals surface area contributed by atoms with Crippen LogP contribution in [-0.4, -0.2) is 26.5 Å². The van der Waals surface area contributed by atoms with E-state index in [2.05, 4.69) is 10.4 Å². The maximum atomic E-state index is 12.4. The summed E-state index contributed by atoms with van der Waals surface area (Å²) in [7, 11) is 0. The van der Waals surface area contributed by atoms with Gasteiger partial charge in [0, 0.05) is 10.6 Å². The molecule has 2 heterocycles. The standard InChI is InChI=1S/C20H18ClN3O2S/c1-11-3-6-14(9-16(11)21)24-20-18(12(2)23-24)19(27-10-17(26)22-20)13-4-7-15(25)8-5-13/h3-9,19,25H,10H2,1-2H3,(H,22,26). The number of anilines is 1. The van der Waals surface area contributed by atoms with Gasteiger partial charge in [0.2, 0.25) is 5.91 Å². The average Bonchev–Trinajstić information content (AvgIpc) is 2.84. The summed E-state index contributed by atoms with van der Waals surface area (Å²) in [6, 6.07) is 12.8. The Morgan fingerprint density at radius 2 is 1.96 bits per heavy atom. The number of fused-ring (bicyclic) bond motifs is 1. The second-order valence-electron chi connectivity index (χ2n) is 6.52. The van der Waals surface area contributed by atoms with Gasteiger partial charge in [-0.25, -0.2) is 4.68 Å². The van der Waals surface area contributed by atoms with E-state index in [0.29, 0.717) is 16.6 Å². The molecular formula is C20H18ClN3O2S. The van der Waals surface area contributed by atoms with E-state index >= 15 is 0 Å². The molecule has 0 bridgehead atoms. The number of hydrogen-bond acceptors (Lipinski definition) is 4. The van der Waals surface area contributed by atoms with E-state index in [4.69, 9.17) is 11.6 Å². The van der Waals surface area contributed by atoms with Crippen LogP contribution in [0.25, 0.3) is 5.69 Å². The van der Waals surface area contributed by atoms with Crippen molar-refractivity contribution in [1.82, 2.24) is 9.78 Å². The van der Waals surface area contributed by atoms with Crippen molar-refractivity contribution in [2.45, 2.75) is 19.1 Å². The molecule has 138 valence electrons. The summed E-state index contributed by atoms with van der Waals surface area (Å²) in [5.74, 6) is 1.16. The van der Waals surface area contributed by atoms with Crippen LogP contribution in [0.2, 0.25) is 5.02 Å². The first-order valence-corrected chi connectivity index (χ1v) is 9.93. The van der Waals surface area contributed by atoms with Crippen molar-refractivity contribution in [2.24, 2.45) is 0 Å². The molecule has 1 amide bonds. The smallest absolute Gasteiger partial charge is 0.235 e. The van der Waals surface area contributed by atoms with Crippen LogP contribution < -0.4 is 5.32 Å². The number of nitrogens with zero attached hydrogens (tertiary/aromatic N) is 2. The van der Waals surface area contributed by atoms with Crippen LogP contribution >= 0.6 is 23.4 Å². The number of carbonyl (C=O) groups excluding carboxylic acids is 1. The zero-order valence-electron chi connectivity index (χ0n) is 14.9. The lowest BCUT2D eigenvalue weighted by atomic mass is 10.0. The van der Waals surface area contributed by atoms with Gasteiger partial charge in [-0.1, -0.05) is 29.8 Å². The van der Waals surface area contributed by atoms with E-state index in [-0.39, 0.29) is 16.9 Å². The van der Waals surface area contributed by atoms with Crippen LogP contribution in [-0.2, 0) is 4.79 Å². The molecule has 5 nitrogen and oxygen atoms in total. The Morgan fingerprint density at radius 1 is 1.22 bits per heavy atom. The zero-order valence-corrected chi connectivity index (χ0v) is 16.4. The van der Waals surface area contributed by atoms with Gasteiger partial charge in [0.15, 0.2) is 0 Å². The SMILES string of the molecule is Cc1ccc(-n2nc(C)c3c2NC(=O)CSC3c2ccc(O)cc2)cc1Cl. The molecule has 4 rings (SSSR count).